The number of carbonyl (C=O) groups is 1. The van der Waals surface area contributed by atoms with Gasteiger partial charge >= 0.3 is 0 Å². The molecule has 0 aromatic heterocycles. The maximum absolute atomic E-state index is 11.1. The van der Waals surface area contributed by atoms with Gasteiger partial charge in [-0.3, -0.25) is 4.90 Å². The predicted molar refractivity (Wildman–Crippen MR) is 115 cm³/mol. The van der Waals surface area contributed by atoms with Gasteiger partial charge in [-0.2, -0.15) is 0 Å². The number of carbonyl (C=O) groups excluding carboxylic acids is 1. The van der Waals surface area contributed by atoms with E-state index in [-0.39, 0.29) is 5.92 Å². The molecule has 0 bridgehead atoms. The Labute approximate surface area is 172 Å². The third-order valence-corrected chi connectivity index (χ3v) is 6.78. The lowest BCUT2D eigenvalue weighted by atomic mass is 9.81. The third kappa shape index (κ3) is 4.21. The summed E-state index contributed by atoms with van der Waals surface area (Å²) in [5.74, 6) is 1.07. The number of ether oxygens (including phenoxy) is 1. The quantitative estimate of drug-likeness (QED) is 0.598. The zero-order valence-electron chi connectivity index (χ0n) is 17.1. The van der Waals surface area contributed by atoms with Crippen LogP contribution in [0.4, 0.5) is 0 Å². The summed E-state index contributed by atoms with van der Waals surface area (Å²) in [6, 6.07) is 12.7. The number of nitrogens with one attached hydrogen (secondary N) is 1. The van der Waals surface area contributed by atoms with Gasteiger partial charge in [0.2, 0.25) is 0 Å². The third-order valence-electron chi connectivity index (χ3n) is 6.78. The minimum Gasteiger partial charge on any atom is -0.497 e. The Bertz CT molecular complexity index is 902. The van der Waals surface area contributed by atoms with Gasteiger partial charge in [-0.05, 0) is 79.6 Å². The summed E-state index contributed by atoms with van der Waals surface area (Å²) >= 11 is 0. The topological polar surface area (TPSA) is 73.6 Å². The van der Waals surface area contributed by atoms with E-state index < -0.39 is 5.60 Å². The largest absolute Gasteiger partial charge is 0.497 e. The Morgan fingerprint density at radius 2 is 1.90 bits per heavy atom. The number of benzene rings is 2. The highest BCUT2D eigenvalue weighted by Gasteiger charge is 2.36. The van der Waals surface area contributed by atoms with Crippen molar-refractivity contribution in [2.24, 2.45) is 5.92 Å². The van der Waals surface area contributed by atoms with Crippen LogP contribution < -0.4 is 4.74 Å². The fraction of sp³-hybridized carbons (Fsp3) is 0.500. The molecule has 1 saturated carbocycles. The molecular formula is C24H30N2O3. The van der Waals surface area contributed by atoms with Crippen LogP contribution in [0.2, 0.25) is 0 Å². The van der Waals surface area contributed by atoms with Crippen molar-refractivity contribution in [2.75, 3.05) is 20.2 Å². The van der Waals surface area contributed by atoms with E-state index in [1.165, 1.54) is 0 Å². The second kappa shape index (κ2) is 8.25. The van der Waals surface area contributed by atoms with E-state index in [2.05, 4.69) is 17.0 Å². The van der Waals surface area contributed by atoms with Crippen LogP contribution in [0.5, 0.6) is 5.75 Å². The smallest absolute Gasteiger partial charge is 0.151 e. The highest BCUT2D eigenvalue weighted by Crippen LogP contribution is 2.33. The summed E-state index contributed by atoms with van der Waals surface area (Å²) in [5.41, 5.74) is 0.590. The van der Waals surface area contributed by atoms with E-state index >= 15 is 0 Å². The number of hydrogen-bond acceptors (Lipinski definition) is 5. The summed E-state index contributed by atoms with van der Waals surface area (Å²) in [6.07, 6.45) is 5.66. The molecule has 1 heterocycles. The Morgan fingerprint density at radius 3 is 2.62 bits per heavy atom. The summed E-state index contributed by atoms with van der Waals surface area (Å²) in [4.78, 5) is 13.6. The fourth-order valence-electron chi connectivity index (χ4n) is 4.91. The first-order chi connectivity index (χ1) is 14.0. The molecule has 1 unspecified atom stereocenters. The Balaban J connectivity index is 1.45. The lowest BCUT2D eigenvalue weighted by Gasteiger charge is -2.42. The van der Waals surface area contributed by atoms with Gasteiger partial charge in [0.25, 0.3) is 0 Å². The van der Waals surface area contributed by atoms with Gasteiger partial charge < -0.3 is 20.0 Å². The molecule has 1 aliphatic heterocycles. The molecule has 0 radical (unpaired) electrons. The van der Waals surface area contributed by atoms with Gasteiger partial charge in [0.1, 0.15) is 11.4 Å². The first kappa shape index (κ1) is 20.0. The maximum atomic E-state index is 11.1. The van der Waals surface area contributed by atoms with E-state index in [0.717, 1.165) is 60.9 Å². The van der Waals surface area contributed by atoms with E-state index in [1.807, 2.05) is 24.3 Å². The van der Waals surface area contributed by atoms with Crippen LogP contribution in [-0.2, 0) is 4.79 Å². The van der Waals surface area contributed by atoms with Gasteiger partial charge in [0, 0.05) is 24.2 Å². The van der Waals surface area contributed by atoms with E-state index in [4.69, 9.17) is 10.1 Å². The Morgan fingerprint density at radius 1 is 1.17 bits per heavy atom. The molecular weight excluding hydrogens is 364 g/mol. The van der Waals surface area contributed by atoms with Crippen LogP contribution in [0.15, 0.2) is 36.4 Å². The van der Waals surface area contributed by atoms with Crippen LogP contribution in [0.25, 0.3) is 10.8 Å². The summed E-state index contributed by atoms with van der Waals surface area (Å²) < 4.78 is 5.30. The Kier molecular flexibility index (Phi) is 5.70. The first-order valence-corrected chi connectivity index (χ1v) is 10.6. The molecule has 0 amide bonds. The normalized spacial score (nSPS) is 28.2. The number of rotatable bonds is 5. The number of fused-ring (bicyclic) bond motifs is 1. The van der Waals surface area contributed by atoms with Crippen molar-refractivity contribution in [3.8, 4) is 5.75 Å². The van der Waals surface area contributed by atoms with Crippen molar-refractivity contribution in [2.45, 2.75) is 50.2 Å². The van der Waals surface area contributed by atoms with Gasteiger partial charge in [0.15, 0.2) is 6.29 Å². The summed E-state index contributed by atoms with van der Waals surface area (Å²) in [6.45, 7) is 1.94. The minimum absolute atomic E-state index is 0.228. The fourth-order valence-corrected chi connectivity index (χ4v) is 4.91. The number of hydrogen-bond donors (Lipinski definition) is 2. The van der Waals surface area contributed by atoms with Crippen molar-refractivity contribution in [1.82, 2.24) is 4.90 Å². The SMILES string of the molecule is COc1ccc2cc(C(=N)C3CCCN(C4CCC(O)(C=O)CC4)C3)ccc2c1. The number of aldehydes is 1. The van der Waals surface area contributed by atoms with Gasteiger partial charge in [-0.25, -0.2) is 0 Å². The van der Waals surface area contributed by atoms with Crippen molar-refractivity contribution in [1.29, 1.82) is 5.41 Å². The highest BCUT2D eigenvalue weighted by atomic mass is 16.5. The molecule has 5 heteroatoms. The molecule has 154 valence electrons. The molecule has 1 atom stereocenters. The molecule has 0 spiro atoms. The van der Waals surface area contributed by atoms with E-state index in [0.29, 0.717) is 30.9 Å². The van der Waals surface area contributed by atoms with Crippen molar-refractivity contribution >= 4 is 22.8 Å². The molecule has 1 aliphatic carbocycles. The van der Waals surface area contributed by atoms with Crippen LogP contribution in [0.3, 0.4) is 0 Å². The lowest BCUT2D eigenvalue weighted by Crippen LogP contribution is -2.48. The van der Waals surface area contributed by atoms with Gasteiger partial charge in [0.05, 0.1) is 7.11 Å². The van der Waals surface area contributed by atoms with Crippen LogP contribution in [0, 0.1) is 11.3 Å². The van der Waals surface area contributed by atoms with Crippen molar-refractivity contribution in [3.63, 3.8) is 0 Å². The number of aliphatic hydroxyl groups is 1. The maximum Gasteiger partial charge on any atom is 0.151 e. The standard InChI is InChI=1S/C24H30N2O3/c1-29-22-7-6-17-13-19(5-4-18(17)14-22)23(25)20-3-2-12-26(15-20)21-8-10-24(28,16-27)11-9-21/h4-7,13-14,16,20-21,25,28H,2-3,8-12,15H2,1H3. The molecule has 1 saturated heterocycles. The minimum atomic E-state index is -1.12. The van der Waals surface area contributed by atoms with Crippen molar-refractivity contribution < 1.29 is 14.6 Å². The van der Waals surface area contributed by atoms with Crippen molar-refractivity contribution in [3.05, 3.63) is 42.0 Å². The number of piperidine rings is 1. The predicted octanol–water partition coefficient (Wildman–Crippen LogP) is 3.80. The average Bonchev–Trinajstić information content (AvgIpc) is 2.78. The van der Waals surface area contributed by atoms with Gasteiger partial charge in [-0.1, -0.05) is 18.2 Å². The molecule has 29 heavy (non-hydrogen) atoms. The first-order valence-electron chi connectivity index (χ1n) is 10.6. The van der Waals surface area contributed by atoms with E-state index in [9.17, 15) is 9.90 Å². The molecule has 4 rings (SSSR count). The molecule has 2 aliphatic rings. The Hall–Kier alpha value is -2.24. The van der Waals surface area contributed by atoms with E-state index in [1.54, 1.807) is 7.11 Å². The number of nitrogens with zero attached hydrogens (tertiary/aromatic N) is 1. The zero-order valence-corrected chi connectivity index (χ0v) is 17.1. The lowest BCUT2D eigenvalue weighted by molar-refractivity contribution is -0.128. The second-order valence-electron chi connectivity index (χ2n) is 8.63. The molecule has 2 fully saturated rings. The highest BCUT2D eigenvalue weighted by molar-refractivity contribution is 6.03. The number of methoxy groups -OCH3 is 1. The zero-order chi connectivity index (χ0) is 20.4. The van der Waals surface area contributed by atoms with Crippen LogP contribution in [0.1, 0.15) is 44.1 Å². The molecule has 2 aromatic rings. The molecule has 5 nitrogen and oxygen atoms in total. The summed E-state index contributed by atoms with van der Waals surface area (Å²) in [7, 11) is 1.67. The molecule has 2 N–H and O–H groups in total. The number of likely N-dealkylation sites (tertiary alicyclic amines) is 1. The van der Waals surface area contributed by atoms with Gasteiger partial charge in [-0.15, -0.1) is 0 Å². The monoisotopic (exact) mass is 394 g/mol. The molecule has 2 aromatic carbocycles. The van der Waals surface area contributed by atoms with Crippen LogP contribution in [-0.4, -0.2) is 53.8 Å². The second-order valence-corrected chi connectivity index (χ2v) is 8.63. The summed E-state index contributed by atoms with van der Waals surface area (Å²) in [5, 5.41) is 21.3. The van der Waals surface area contributed by atoms with Crippen LogP contribution >= 0.6 is 0 Å². The average molecular weight is 395 g/mol.